The molecular formula is C17H25ClN2O2. The SMILES string of the molecule is CCC(CC(N)=O)OC(c1cccc(Cl)c1)C1CCCNC1. The maximum Gasteiger partial charge on any atom is 0.220 e. The molecule has 5 heteroatoms. The summed E-state index contributed by atoms with van der Waals surface area (Å²) in [5.41, 5.74) is 6.41. The van der Waals surface area contributed by atoms with Gasteiger partial charge in [0, 0.05) is 17.5 Å². The van der Waals surface area contributed by atoms with E-state index in [1.54, 1.807) is 0 Å². The van der Waals surface area contributed by atoms with Crippen LogP contribution in [-0.2, 0) is 9.53 Å². The molecule has 1 amide bonds. The van der Waals surface area contributed by atoms with E-state index in [1.165, 1.54) is 0 Å². The lowest BCUT2D eigenvalue weighted by Gasteiger charge is -2.33. The molecule has 1 fully saturated rings. The third-order valence-electron chi connectivity index (χ3n) is 4.16. The highest BCUT2D eigenvalue weighted by molar-refractivity contribution is 6.30. The van der Waals surface area contributed by atoms with Crippen molar-refractivity contribution in [1.82, 2.24) is 5.32 Å². The Morgan fingerprint density at radius 1 is 1.55 bits per heavy atom. The summed E-state index contributed by atoms with van der Waals surface area (Å²) >= 11 is 6.14. The Morgan fingerprint density at radius 3 is 2.95 bits per heavy atom. The number of ether oxygens (including phenoxy) is 1. The fraction of sp³-hybridized carbons (Fsp3) is 0.588. The van der Waals surface area contributed by atoms with Crippen LogP contribution in [-0.4, -0.2) is 25.1 Å². The van der Waals surface area contributed by atoms with Gasteiger partial charge in [-0.05, 0) is 43.5 Å². The molecule has 1 heterocycles. The Bertz CT molecular complexity index is 489. The highest BCUT2D eigenvalue weighted by atomic mass is 35.5. The first-order valence-corrected chi connectivity index (χ1v) is 8.38. The van der Waals surface area contributed by atoms with Gasteiger partial charge in [0.15, 0.2) is 0 Å². The number of hydrogen-bond donors (Lipinski definition) is 2. The van der Waals surface area contributed by atoms with Crippen molar-refractivity contribution in [2.75, 3.05) is 13.1 Å². The first-order chi connectivity index (χ1) is 10.6. The number of piperidine rings is 1. The molecule has 3 N–H and O–H groups in total. The van der Waals surface area contributed by atoms with E-state index in [0.29, 0.717) is 10.9 Å². The third kappa shape index (κ3) is 4.97. The minimum atomic E-state index is -0.321. The van der Waals surface area contributed by atoms with Gasteiger partial charge in [-0.1, -0.05) is 30.7 Å². The molecule has 3 unspecified atom stereocenters. The average Bonchev–Trinajstić information content (AvgIpc) is 2.51. The Balaban J connectivity index is 2.18. The molecule has 1 aliphatic heterocycles. The number of halogens is 1. The van der Waals surface area contributed by atoms with Crippen LogP contribution < -0.4 is 11.1 Å². The zero-order valence-corrected chi connectivity index (χ0v) is 13.8. The standard InChI is InChI=1S/C17H25ClN2O2/c1-2-15(10-16(19)21)22-17(13-6-4-8-20-11-13)12-5-3-7-14(18)9-12/h3,5,7,9,13,15,17,20H,2,4,6,8,10-11H2,1H3,(H2,19,21). The van der Waals surface area contributed by atoms with Crippen molar-refractivity contribution in [3.63, 3.8) is 0 Å². The highest BCUT2D eigenvalue weighted by Crippen LogP contribution is 2.33. The zero-order chi connectivity index (χ0) is 15.9. The van der Waals surface area contributed by atoms with E-state index in [0.717, 1.165) is 37.9 Å². The lowest BCUT2D eigenvalue weighted by atomic mass is 9.89. The maximum atomic E-state index is 11.2. The molecule has 22 heavy (non-hydrogen) atoms. The van der Waals surface area contributed by atoms with E-state index in [9.17, 15) is 4.79 Å². The largest absolute Gasteiger partial charge is 0.370 e. The first-order valence-electron chi connectivity index (χ1n) is 8.00. The van der Waals surface area contributed by atoms with Crippen molar-refractivity contribution in [2.45, 2.75) is 44.8 Å². The second kappa shape index (κ2) is 8.51. The Hall–Kier alpha value is -1.10. The van der Waals surface area contributed by atoms with Gasteiger partial charge in [-0.2, -0.15) is 0 Å². The van der Waals surface area contributed by atoms with E-state index in [-0.39, 0.29) is 24.5 Å². The van der Waals surface area contributed by atoms with E-state index in [1.807, 2.05) is 31.2 Å². The topological polar surface area (TPSA) is 64.4 Å². The van der Waals surface area contributed by atoms with Gasteiger partial charge in [-0.25, -0.2) is 0 Å². The number of carbonyl (C=O) groups is 1. The van der Waals surface area contributed by atoms with E-state index >= 15 is 0 Å². The number of nitrogens with one attached hydrogen (secondary N) is 1. The zero-order valence-electron chi connectivity index (χ0n) is 13.1. The highest BCUT2D eigenvalue weighted by Gasteiger charge is 2.28. The predicted octanol–water partition coefficient (Wildman–Crippen LogP) is 3.05. The van der Waals surface area contributed by atoms with Gasteiger partial charge in [-0.3, -0.25) is 4.79 Å². The van der Waals surface area contributed by atoms with Crippen molar-refractivity contribution >= 4 is 17.5 Å². The van der Waals surface area contributed by atoms with Crippen molar-refractivity contribution in [2.24, 2.45) is 11.7 Å². The number of primary amides is 1. The van der Waals surface area contributed by atoms with Crippen LogP contribution in [0.2, 0.25) is 5.02 Å². The lowest BCUT2D eigenvalue weighted by molar-refractivity contribution is -0.123. The third-order valence-corrected chi connectivity index (χ3v) is 4.40. The number of benzene rings is 1. The van der Waals surface area contributed by atoms with Crippen LogP contribution >= 0.6 is 11.6 Å². The molecule has 1 aliphatic rings. The maximum absolute atomic E-state index is 11.2. The number of carbonyl (C=O) groups excluding carboxylic acids is 1. The quantitative estimate of drug-likeness (QED) is 0.810. The monoisotopic (exact) mass is 324 g/mol. The Kier molecular flexibility index (Phi) is 6.68. The van der Waals surface area contributed by atoms with Gasteiger partial charge in [0.1, 0.15) is 0 Å². The summed E-state index contributed by atoms with van der Waals surface area (Å²) in [6, 6.07) is 7.81. The average molecular weight is 325 g/mol. The van der Waals surface area contributed by atoms with Crippen LogP contribution in [0.3, 0.4) is 0 Å². The lowest BCUT2D eigenvalue weighted by Crippen LogP contribution is -2.36. The summed E-state index contributed by atoms with van der Waals surface area (Å²) in [5, 5.41) is 4.13. The molecule has 1 aromatic rings. The van der Waals surface area contributed by atoms with E-state index in [2.05, 4.69) is 5.32 Å². The number of hydrogen-bond acceptors (Lipinski definition) is 3. The Morgan fingerprint density at radius 2 is 2.36 bits per heavy atom. The van der Waals surface area contributed by atoms with Gasteiger partial charge < -0.3 is 15.8 Å². The Labute approximate surface area is 137 Å². The minimum Gasteiger partial charge on any atom is -0.370 e. The van der Waals surface area contributed by atoms with Crippen LogP contribution in [0.25, 0.3) is 0 Å². The second-order valence-electron chi connectivity index (χ2n) is 5.92. The molecule has 0 saturated carbocycles. The molecule has 4 nitrogen and oxygen atoms in total. The number of rotatable bonds is 7. The summed E-state index contributed by atoms with van der Waals surface area (Å²) in [7, 11) is 0. The van der Waals surface area contributed by atoms with Crippen molar-refractivity contribution < 1.29 is 9.53 Å². The molecule has 1 saturated heterocycles. The molecule has 2 rings (SSSR count). The van der Waals surface area contributed by atoms with Gasteiger partial charge >= 0.3 is 0 Å². The molecule has 3 atom stereocenters. The molecule has 0 bridgehead atoms. The first kappa shape index (κ1) is 17.3. The van der Waals surface area contributed by atoms with Gasteiger partial charge in [0.05, 0.1) is 18.6 Å². The summed E-state index contributed by atoms with van der Waals surface area (Å²) in [5.74, 6) is 0.0626. The van der Waals surface area contributed by atoms with Crippen molar-refractivity contribution in [3.8, 4) is 0 Å². The second-order valence-corrected chi connectivity index (χ2v) is 6.36. The van der Waals surface area contributed by atoms with Gasteiger partial charge in [0.25, 0.3) is 0 Å². The summed E-state index contributed by atoms with van der Waals surface area (Å²) in [6.45, 7) is 3.99. The van der Waals surface area contributed by atoms with Crippen LogP contribution in [0.4, 0.5) is 0 Å². The van der Waals surface area contributed by atoms with Crippen LogP contribution in [0, 0.1) is 5.92 Å². The molecule has 1 aromatic carbocycles. The van der Waals surface area contributed by atoms with Crippen LogP contribution in [0.15, 0.2) is 24.3 Å². The molecule has 0 aromatic heterocycles. The van der Waals surface area contributed by atoms with E-state index in [4.69, 9.17) is 22.1 Å². The van der Waals surface area contributed by atoms with Crippen LogP contribution in [0.1, 0.15) is 44.3 Å². The van der Waals surface area contributed by atoms with E-state index < -0.39 is 0 Å². The molecule has 0 radical (unpaired) electrons. The molecule has 0 aliphatic carbocycles. The smallest absolute Gasteiger partial charge is 0.220 e. The molecule has 122 valence electrons. The number of nitrogens with two attached hydrogens (primary N) is 1. The summed E-state index contributed by atoms with van der Waals surface area (Å²) in [4.78, 5) is 11.2. The molecule has 0 spiro atoms. The minimum absolute atomic E-state index is 0.0594. The fourth-order valence-corrected chi connectivity index (χ4v) is 3.20. The normalized spacial score (nSPS) is 21.3. The van der Waals surface area contributed by atoms with Crippen LogP contribution in [0.5, 0.6) is 0 Å². The predicted molar refractivity (Wildman–Crippen MR) is 88.8 cm³/mol. The van der Waals surface area contributed by atoms with Crippen molar-refractivity contribution in [1.29, 1.82) is 0 Å². The summed E-state index contributed by atoms with van der Waals surface area (Å²) in [6.07, 6.45) is 3.06. The van der Waals surface area contributed by atoms with Gasteiger partial charge in [-0.15, -0.1) is 0 Å². The number of amides is 1. The fourth-order valence-electron chi connectivity index (χ4n) is 3.00. The van der Waals surface area contributed by atoms with Gasteiger partial charge in [0.2, 0.25) is 5.91 Å². The van der Waals surface area contributed by atoms with Crippen molar-refractivity contribution in [3.05, 3.63) is 34.9 Å². The molecular weight excluding hydrogens is 300 g/mol. The summed E-state index contributed by atoms with van der Waals surface area (Å²) < 4.78 is 6.29.